The van der Waals surface area contributed by atoms with Crippen molar-refractivity contribution in [2.75, 3.05) is 18.2 Å². The maximum absolute atomic E-state index is 6.14. The molecule has 0 atom stereocenters. The Bertz CT molecular complexity index is 1380. The largest absolute Gasteiger partial charge is 0.496 e. The van der Waals surface area contributed by atoms with Gasteiger partial charge in [-0.3, -0.25) is 0 Å². The summed E-state index contributed by atoms with van der Waals surface area (Å²) in [6, 6.07) is 21.7. The molecule has 33 heavy (non-hydrogen) atoms. The van der Waals surface area contributed by atoms with E-state index >= 15 is 0 Å². The normalized spacial score (nSPS) is 10.8. The van der Waals surface area contributed by atoms with Crippen LogP contribution in [-0.4, -0.2) is 26.9 Å². The molecule has 0 saturated carbocycles. The van der Waals surface area contributed by atoms with Crippen LogP contribution >= 0.6 is 15.9 Å². The summed E-state index contributed by atoms with van der Waals surface area (Å²) in [6.45, 7) is 0. The summed E-state index contributed by atoms with van der Waals surface area (Å²) >= 11 is 3.46. The van der Waals surface area contributed by atoms with E-state index in [0.29, 0.717) is 17.5 Å². The summed E-state index contributed by atoms with van der Waals surface area (Å²) in [7, 11) is 1.60. The molecule has 0 amide bonds. The molecule has 0 unspecified atom stereocenters. The van der Waals surface area contributed by atoms with E-state index in [0.717, 1.165) is 32.5 Å². The Morgan fingerprint density at radius 1 is 1.00 bits per heavy atom. The molecule has 9 heteroatoms. The third-order valence-electron chi connectivity index (χ3n) is 5.08. The van der Waals surface area contributed by atoms with Gasteiger partial charge in [0.15, 0.2) is 12.2 Å². The average Bonchev–Trinajstić information content (AvgIpc) is 3.50. The number of rotatable bonds is 6. The lowest BCUT2D eigenvalue weighted by Crippen LogP contribution is -2.02. The minimum atomic E-state index is 0.277. The molecule has 0 spiro atoms. The van der Waals surface area contributed by atoms with E-state index in [-0.39, 0.29) is 5.95 Å². The Kier molecular flexibility index (Phi) is 5.54. The van der Waals surface area contributed by atoms with Crippen molar-refractivity contribution in [2.45, 2.75) is 0 Å². The van der Waals surface area contributed by atoms with Crippen LogP contribution < -0.4 is 15.8 Å². The molecule has 5 rings (SSSR count). The molecule has 0 aliphatic carbocycles. The van der Waals surface area contributed by atoms with Crippen molar-refractivity contribution in [1.29, 1.82) is 0 Å². The predicted molar refractivity (Wildman–Crippen MR) is 131 cm³/mol. The molecule has 0 aliphatic heterocycles. The van der Waals surface area contributed by atoms with Crippen LogP contribution in [0.3, 0.4) is 0 Å². The molecule has 0 aliphatic rings. The van der Waals surface area contributed by atoms with Gasteiger partial charge in [-0.05, 0) is 47.5 Å². The van der Waals surface area contributed by atoms with Crippen LogP contribution in [-0.2, 0) is 0 Å². The van der Waals surface area contributed by atoms with Crippen LogP contribution in [0.25, 0.3) is 28.1 Å². The number of nitrogens with two attached hydrogens (primary N) is 1. The maximum Gasteiger partial charge on any atom is 0.248 e. The van der Waals surface area contributed by atoms with Gasteiger partial charge in [0.1, 0.15) is 5.75 Å². The fourth-order valence-electron chi connectivity index (χ4n) is 3.45. The van der Waals surface area contributed by atoms with Gasteiger partial charge in [-0.25, -0.2) is 4.98 Å². The number of benzene rings is 3. The number of oxazole rings is 1. The molecule has 5 aromatic rings. The second-order valence-electron chi connectivity index (χ2n) is 7.16. The van der Waals surface area contributed by atoms with E-state index in [4.69, 9.17) is 14.9 Å². The number of anilines is 3. The summed E-state index contributed by atoms with van der Waals surface area (Å²) in [5, 5.41) is 7.68. The highest BCUT2D eigenvalue weighted by Crippen LogP contribution is 2.33. The number of nitrogen functional groups attached to an aromatic ring is 1. The van der Waals surface area contributed by atoms with Crippen LogP contribution in [0.5, 0.6) is 5.75 Å². The van der Waals surface area contributed by atoms with Gasteiger partial charge < -0.3 is 20.2 Å². The van der Waals surface area contributed by atoms with Crippen LogP contribution in [0.2, 0.25) is 0 Å². The fourth-order valence-corrected chi connectivity index (χ4v) is 3.72. The Morgan fingerprint density at radius 3 is 2.39 bits per heavy atom. The van der Waals surface area contributed by atoms with Gasteiger partial charge in [-0.15, -0.1) is 5.10 Å². The number of aromatic nitrogens is 4. The van der Waals surface area contributed by atoms with Crippen molar-refractivity contribution >= 4 is 33.5 Å². The monoisotopic (exact) mass is 502 g/mol. The summed E-state index contributed by atoms with van der Waals surface area (Å²) < 4.78 is 13.5. The first-order valence-electron chi connectivity index (χ1n) is 10.0. The molecule has 0 fully saturated rings. The number of ether oxygens (including phenoxy) is 1. The predicted octanol–water partition coefficient (Wildman–Crippen LogP) is 5.69. The van der Waals surface area contributed by atoms with Gasteiger partial charge in [0.2, 0.25) is 11.9 Å². The van der Waals surface area contributed by atoms with Gasteiger partial charge in [-0.2, -0.15) is 9.67 Å². The van der Waals surface area contributed by atoms with E-state index < -0.39 is 0 Å². The number of hydrogen-bond acceptors (Lipinski definition) is 7. The Labute approximate surface area is 198 Å². The minimum absolute atomic E-state index is 0.277. The van der Waals surface area contributed by atoms with Gasteiger partial charge in [0, 0.05) is 16.2 Å². The molecule has 2 heterocycles. The Hall–Kier alpha value is -4.11. The number of hydrogen-bond donors (Lipinski definition) is 2. The number of nitrogens with one attached hydrogen (secondary N) is 1. The standard InChI is InChI=1S/C24H19BrN6O2/c1-32-21-12-18(8-11-20(21)22-13-27-14-33-22)28-24-29-23(26)31(30-24)19-9-4-16(5-10-19)15-2-6-17(25)7-3-15/h2-14H,1H3,(H3,26,28,29,30). The number of nitrogens with zero attached hydrogens (tertiary/aromatic N) is 4. The number of methoxy groups -OCH3 is 1. The maximum atomic E-state index is 6.14. The van der Waals surface area contributed by atoms with Gasteiger partial charge in [-0.1, -0.05) is 40.2 Å². The minimum Gasteiger partial charge on any atom is -0.496 e. The van der Waals surface area contributed by atoms with E-state index in [2.05, 4.69) is 48.4 Å². The summed E-state index contributed by atoms with van der Waals surface area (Å²) in [5.41, 5.74) is 10.7. The fraction of sp³-hybridized carbons (Fsp3) is 0.0417. The molecule has 0 bridgehead atoms. The van der Waals surface area contributed by atoms with E-state index in [1.54, 1.807) is 18.0 Å². The molecule has 0 saturated heterocycles. The molecule has 2 aromatic heterocycles. The lowest BCUT2D eigenvalue weighted by molar-refractivity contribution is 0.415. The lowest BCUT2D eigenvalue weighted by atomic mass is 10.1. The van der Waals surface area contributed by atoms with Crippen LogP contribution in [0.4, 0.5) is 17.6 Å². The first-order chi connectivity index (χ1) is 16.1. The third-order valence-corrected chi connectivity index (χ3v) is 5.61. The van der Waals surface area contributed by atoms with Gasteiger partial charge in [0.05, 0.1) is 24.6 Å². The van der Waals surface area contributed by atoms with Crippen molar-refractivity contribution in [1.82, 2.24) is 19.7 Å². The zero-order valence-corrected chi connectivity index (χ0v) is 19.2. The quantitative estimate of drug-likeness (QED) is 0.307. The lowest BCUT2D eigenvalue weighted by Gasteiger charge is -2.09. The zero-order valence-electron chi connectivity index (χ0n) is 17.6. The first kappa shape index (κ1) is 20.8. The zero-order chi connectivity index (χ0) is 22.8. The summed E-state index contributed by atoms with van der Waals surface area (Å²) in [6.07, 6.45) is 3.02. The van der Waals surface area contributed by atoms with Crippen LogP contribution in [0.1, 0.15) is 0 Å². The molecule has 3 aromatic carbocycles. The third kappa shape index (κ3) is 4.31. The summed E-state index contributed by atoms with van der Waals surface area (Å²) in [4.78, 5) is 8.30. The second-order valence-corrected chi connectivity index (χ2v) is 8.08. The van der Waals surface area contributed by atoms with Crippen LogP contribution in [0, 0.1) is 0 Å². The molecule has 8 nitrogen and oxygen atoms in total. The van der Waals surface area contributed by atoms with E-state index in [1.807, 2.05) is 54.6 Å². The second kappa shape index (κ2) is 8.79. The molecule has 3 N–H and O–H groups in total. The molecule has 0 radical (unpaired) electrons. The van der Waals surface area contributed by atoms with Crippen molar-refractivity contribution in [2.24, 2.45) is 0 Å². The Balaban J connectivity index is 1.37. The van der Waals surface area contributed by atoms with Gasteiger partial charge >= 0.3 is 0 Å². The molecular formula is C24H19BrN6O2. The SMILES string of the molecule is COc1cc(Nc2nc(N)n(-c3ccc(-c4ccc(Br)cc4)cc3)n2)ccc1-c1cnco1. The average molecular weight is 503 g/mol. The highest BCUT2D eigenvalue weighted by atomic mass is 79.9. The highest BCUT2D eigenvalue weighted by Gasteiger charge is 2.13. The van der Waals surface area contributed by atoms with Gasteiger partial charge in [0.25, 0.3) is 0 Å². The van der Waals surface area contributed by atoms with Crippen molar-refractivity contribution in [3.05, 3.63) is 83.8 Å². The number of halogens is 1. The van der Waals surface area contributed by atoms with Crippen molar-refractivity contribution < 1.29 is 9.15 Å². The van der Waals surface area contributed by atoms with Crippen molar-refractivity contribution in [3.8, 4) is 33.9 Å². The highest BCUT2D eigenvalue weighted by molar-refractivity contribution is 9.10. The summed E-state index contributed by atoms with van der Waals surface area (Å²) in [5.74, 6) is 1.91. The topological polar surface area (TPSA) is 104 Å². The Morgan fingerprint density at radius 2 is 1.73 bits per heavy atom. The molecular weight excluding hydrogens is 484 g/mol. The van der Waals surface area contributed by atoms with E-state index in [9.17, 15) is 0 Å². The molecule has 164 valence electrons. The van der Waals surface area contributed by atoms with Crippen LogP contribution in [0.15, 0.2) is 88.2 Å². The van der Waals surface area contributed by atoms with Crippen molar-refractivity contribution in [3.63, 3.8) is 0 Å². The smallest absolute Gasteiger partial charge is 0.248 e. The first-order valence-corrected chi connectivity index (χ1v) is 10.8. The van der Waals surface area contributed by atoms with E-state index in [1.165, 1.54) is 6.39 Å².